The average Bonchev–Trinajstić information content (AvgIpc) is 2.93. The highest BCUT2D eigenvalue weighted by molar-refractivity contribution is 7.09. The van der Waals surface area contributed by atoms with E-state index < -0.39 is 0 Å². The van der Waals surface area contributed by atoms with Crippen LogP contribution in [-0.4, -0.2) is 32.3 Å². The summed E-state index contributed by atoms with van der Waals surface area (Å²) in [5, 5.41) is 5.36. The maximum absolute atomic E-state index is 11.8. The van der Waals surface area contributed by atoms with Crippen LogP contribution in [0.5, 0.6) is 0 Å². The van der Waals surface area contributed by atoms with Crippen molar-refractivity contribution in [2.75, 3.05) is 20.3 Å². The van der Waals surface area contributed by atoms with E-state index in [1.807, 2.05) is 11.4 Å². The number of hydrogen-bond donors (Lipinski definition) is 1. The molecule has 0 bridgehead atoms. The zero-order valence-corrected chi connectivity index (χ0v) is 11.4. The van der Waals surface area contributed by atoms with Crippen LogP contribution >= 0.6 is 11.3 Å². The fourth-order valence-electron chi connectivity index (χ4n) is 2.24. The maximum Gasteiger partial charge on any atom is 0.323 e. The van der Waals surface area contributed by atoms with Gasteiger partial charge in [-0.05, 0) is 30.2 Å². The summed E-state index contributed by atoms with van der Waals surface area (Å²) in [7, 11) is 1.45. The first-order valence-electron chi connectivity index (χ1n) is 6.22. The van der Waals surface area contributed by atoms with E-state index in [1.54, 1.807) is 11.3 Å². The topological polar surface area (TPSA) is 47.6 Å². The summed E-state index contributed by atoms with van der Waals surface area (Å²) in [5.74, 6) is 0.143. The summed E-state index contributed by atoms with van der Waals surface area (Å²) in [4.78, 5) is 13.1. The van der Waals surface area contributed by atoms with Crippen molar-refractivity contribution in [3.8, 4) is 0 Å². The molecule has 4 nitrogen and oxygen atoms in total. The van der Waals surface area contributed by atoms with Crippen molar-refractivity contribution >= 4 is 17.3 Å². The number of rotatable bonds is 5. The van der Waals surface area contributed by atoms with Crippen LogP contribution in [0.3, 0.4) is 0 Å². The lowest BCUT2D eigenvalue weighted by molar-refractivity contribution is -0.145. The van der Waals surface area contributed by atoms with Gasteiger partial charge in [0.25, 0.3) is 0 Å². The molecule has 0 spiro atoms. The second-order valence-corrected chi connectivity index (χ2v) is 5.44. The molecule has 0 amide bonds. The Kier molecular flexibility index (Phi) is 5.16. The third kappa shape index (κ3) is 3.54. The van der Waals surface area contributed by atoms with E-state index in [-0.39, 0.29) is 12.0 Å². The second-order valence-electron chi connectivity index (χ2n) is 4.41. The minimum atomic E-state index is -0.221. The Hall–Kier alpha value is -0.910. The molecule has 1 fully saturated rings. The maximum atomic E-state index is 11.8. The third-order valence-corrected chi connectivity index (χ3v) is 4.15. The summed E-state index contributed by atoms with van der Waals surface area (Å²) < 4.78 is 10.2. The molecule has 0 radical (unpaired) electrons. The molecule has 1 atom stereocenters. The molecular formula is C13H19NO3S. The van der Waals surface area contributed by atoms with Gasteiger partial charge in [-0.2, -0.15) is 0 Å². The molecule has 5 heteroatoms. The zero-order chi connectivity index (χ0) is 12.8. The normalized spacial score (nSPS) is 18.5. The van der Waals surface area contributed by atoms with Gasteiger partial charge in [0, 0.05) is 24.6 Å². The van der Waals surface area contributed by atoms with Crippen molar-refractivity contribution in [1.82, 2.24) is 5.32 Å². The highest BCUT2D eigenvalue weighted by Crippen LogP contribution is 2.20. The number of hydrogen-bond acceptors (Lipinski definition) is 5. The van der Waals surface area contributed by atoms with Crippen LogP contribution in [-0.2, 0) is 20.8 Å². The number of ether oxygens (including phenoxy) is 2. The molecule has 1 aromatic rings. The van der Waals surface area contributed by atoms with Crippen LogP contribution < -0.4 is 5.32 Å². The van der Waals surface area contributed by atoms with Crippen LogP contribution in [0.4, 0.5) is 0 Å². The number of carbonyl (C=O) groups is 1. The fourth-order valence-corrected chi connectivity index (χ4v) is 2.90. The second kappa shape index (κ2) is 6.87. The Labute approximate surface area is 111 Å². The van der Waals surface area contributed by atoms with Crippen LogP contribution in [0.15, 0.2) is 17.5 Å². The molecule has 2 rings (SSSR count). The fraction of sp³-hybridized carbons (Fsp3) is 0.615. The number of carbonyl (C=O) groups excluding carboxylic acids is 1. The Morgan fingerprint density at radius 3 is 3.00 bits per heavy atom. The summed E-state index contributed by atoms with van der Waals surface area (Å²) in [6, 6.07) is 3.86. The standard InChI is InChI=1S/C13H19NO3S/c1-16-13(15)12(10-4-6-17-7-5-10)14-9-11-3-2-8-18-11/h2-3,8,10,12,14H,4-7,9H2,1H3. The lowest BCUT2D eigenvalue weighted by atomic mass is 9.91. The van der Waals surface area contributed by atoms with Crippen LogP contribution in [0.1, 0.15) is 17.7 Å². The summed E-state index contributed by atoms with van der Waals surface area (Å²) in [6.45, 7) is 2.19. The van der Waals surface area contributed by atoms with Gasteiger partial charge < -0.3 is 9.47 Å². The lowest BCUT2D eigenvalue weighted by Crippen LogP contribution is -2.45. The molecule has 100 valence electrons. The van der Waals surface area contributed by atoms with Crippen molar-refractivity contribution in [1.29, 1.82) is 0 Å². The van der Waals surface area contributed by atoms with E-state index >= 15 is 0 Å². The van der Waals surface area contributed by atoms with E-state index in [0.29, 0.717) is 5.92 Å². The first kappa shape index (κ1) is 13.5. The largest absolute Gasteiger partial charge is 0.468 e. The zero-order valence-electron chi connectivity index (χ0n) is 10.6. The molecule has 1 aromatic heterocycles. The monoisotopic (exact) mass is 269 g/mol. The van der Waals surface area contributed by atoms with Gasteiger partial charge in [0.05, 0.1) is 7.11 Å². The first-order chi connectivity index (χ1) is 8.81. The van der Waals surface area contributed by atoms with Gasteiger partial charge in [-0.15, -0.1) is 11.3 Å². The van der Waals surface area contributed by atoms with Gasteiger partial charge in [0.15, 0.2) is 0 Å². The number of thiophene rings is 1. The molecule has 1 aliphatic rings. The molecule has 1 aliphatic heterocycles. The molecule has 18 heavy (non-hydrogen) atoms. The Balaban J connectivity index is 1.93. The average molecular weight is 269 g/mol. The van der Waals surface area contributed by atoms with Gasteiger partial charge in [-0.25, -0.2) is 0 Å². The van der Waals surface area contributed by atoms with Crippen molar-refractivity contribution < 1.29 is 14.3 Å². The first-order valence-corrected chi connectivity index (χ1v) is 7.10. The van der Waals surface area contributed by atoms with Crippen molar-refractivity contribution in [3.63, 3.8) is 0 Å². The Morgan fingerprint density at radius 2 is 2.39 bits per heavy atom. The summed E-state index contributed by atoms with van der Waals surface area (Å²) in [6.07, 6.45) is 1.83. The summed E-state index contributed by atoms with van der Waals surface area (Å²) in [5.41, 5.74) is 0. The highest BCUT2D eigenvalue weighted by atomic mass is 32.1. The highest BCUT2D eigenvalue weighted by Gasteiger charge is 2.30. The van der Waals surface area contributed by atoms with Crippen LogP contribution in [0.2, 0.25) is 0 Å². The lowest BCUT2D eigenvalue weighted by Gasteiger charge is -2.29. The Morgan fingerprint density at radius 1 is 1.61 bits per heavy atom. The van der Waals surface area contributed by atoms with Gasteiger partial charge in [-0.1, -0.05) is 6.07 Å². The van der Waals surface area contributed by atoms with Gasteiger partial charge in [-0.3, -0.25) is 10.1 Å². The number of methoxy groups -OCH3 is 1. The predicted molar refractivity (Wildman–Crippen MR) is 70.5 cm³/mol. The minimum absolute atomic E-state index is 0.168. The predicted octanol–water partition coefficient (Wildman–Crippen LogP) is 1.81. The SMILES string of the molecule is COC(=O)C(NCc1cccs1)C1CCOCC1. The van der Waals surface area contributed by atoms with Crippen LogP contribution in [0.25, 0.3) is 0 Å². The van der Waals surface area contributed by atoms with E-state index in [9.17, 15) is 4.79 Å². The number of esters is 1. The molecule has 1 N–H and O–H groups in total. The van der Waals surface area contributed by atoms with E-state index in [2.05, 4.69) is 11.4 Å². The summed E-state index contributed by atoms with van der Waals surface area (Å²) >= 11 is 1.69. The van der Waals surface area contributed by atoms with Crippen molar-refractivity contribution in [2.45, 2.75) is 25.4 Å². The molecule has 1 unspecified atom stereocenters. The minimum Gasteiger partial charge on any atom is -0.468 e. The molecule has 0 aliphatic carbocycles. The van der Waals surface area contributed by atoms with Crippen molar-refractivity contribution in [2.24, 2.45) is 5.92 Å². The van der Waals surface area contributed by atoms with E-state index in [4.69, 9.17) is 9.47 Å². The van der Waals surface area contributed by atoms with Crippen LogP contribution in [0, 0.1) is 5.92 Å². The smallest absolute Gasteiger partial charge is 0.323 e. The van der Waals surface area contributed by atoms with Gasteiger partial charge >= 0.3 is 5.97 Å². The van der Waals surface area contributed by atoms with Gasteiger partial charge in [0.1, 0.15) is 6.04 Å². The number of nitrogens with one attached hydrogen (secondary N) is 1. The molecule has 2 heterocycles. The van der Waals surface area contributed by atoms with E-state index in [1.165, 1.54) is 12.0 Å². The van der Waals surface area contributed by atoms with Crippen molar-refractivity contribution in [3.05, 3.63) is 22.4 Å². The molecule has 0 saturated carbocycles. The molecule has 1 saturated heterocycles. The third-order valence-electron chi connectivity index (χ3n) is 3.27. The van der Waals surface area contributed by atoms with Gasteiger partial charge in [0.2, 0.25) is 0 Å². The molecular weight excluding hydrogens is 250 g/mol. The molecule has 0 aromatic carbocycles. The quantitative estimate of drug-likeness (QED) is 0.828. The van der Waals surface area contributed by atoms with E-state index in [0.717, 1.165) is 32.6 Å². The Bertz CT molecular complexity index is 360.